The molecule has 96 valence electrons. The zero-order valence-electron chi connectivity index (χ0n) is 9.74. The Balaban J connectivity index is 1.75. The Morgan fingerprint density at radius 3 is 2.59 bits per heavy atom. The van der Waals surface area contributed by atoms with Crippen LogP contribution < -0.4 is 16.0 Å². The second-order valence-corrected chi connectivity index (χ2v) is 4.75. The van der Waals surface area contributed by atoms with Crippen molar-refractivity contribution in [3.8, 4) is 0 Å². The van der Waals surface area contributed by atoms with Gasteiger partial charge in [-0.15, -0.1) is 0 Å². The fraction of sp³-hybridized carbons (Fsp3) is 0.818. The van der Waals surface area contributed by atoms with Crippen molar-refractivity contribution in [3.63, 3.8) is 0 Å². The third kappa shape index (κ3) is 3.41. The van der Waals surface area contributed by atoms with E-state index in [1.165, 1.54) is 0 Å². The van der Waals surface area contributed by atoms with Gasteiger partial charge in [0.1, 0.15) is 6.04 Å². The van der Waals surface area contributed by atoms with Gasteiger partial charge < -0.3 is 15.7 Å². The van der Waals surface area contributed by atoms with Gasteiger partial charge in [-0.3, -0.25) is 14.9 Å². The second-order valence-electron chi connectivity index (χ2n) is 4.75. The van der Waals surface area contributed by atoms with Crippen molar-refractivity contribution in [3.05, 3.63) is 0 Å². The normalized spacial score (nSPS) is 33.9. The highest BCUT2D eigenvalue weighted by Gasteiger charge is 2.27. The SMILES string of the molecule is O=C1CNC(C(=O)NC2CCC(O)CC2)CN1. The average Bonchev–Trinajstić information content (AvgIpc) is 2.33. The van der Waals surface area contributed by atoms with Crippen LogP contribution in [0, 0.1) is 0 Å². The van der Waals surface area contributed by atoms with E-state index in [2.05, 4.69) is 16.0 Å². The summed E-state index contributed by atoms with van der Waals surface area (Å²) in [6, 6.07) is -0.176. The van der Waals surface area contributed by atoms with Gasteiger partial charge >= 0.3 is 0 Å². The quantitative estimate of drug-likeness (QED) is 0.473. The molecule has 2 aliphatic rings. The molecule has 2 fully saturated rings. The first-order valence-electron chi connectivity index (χ1n) is 6.13. The van der Waals surface area contributed by atoms with Gasteiger partial charge in [-0.05, 0) is 25.7 Å². The summed E-state index contributed by atoms with van der Waals surface area (Å²) in [4.78, 5) is 22.8. The van der Waals surface area contributed by atoms with Crippen molar-refractivity contribution in [2.45, 2.75) is 43.9 Å². The number of aliphatic hydroxyl groups is 1. The van der Waals surface area contributed by atoms with Crippen LogP contribution in [0.5, 0.6) is 0 Å². The molecular formula is C11H19N3O3. The topological polar surface area (TPSA) is 90.5 Å². The molecule has 1 atom stereocenters. The maximum absolute atomic E-state index is 11.9. The fourth-order valence-electron chi connectivity index (χ4n) is 2.27. The number of aliphatic hydroxyl groups excluding tert-OH is 1. The zero-order valence-corrected chi connectivity index (χ0v) is 9.74. The molecule has 0 spiro atoms. The van der Waals surface area contributed by atoms with Gasteiger partial charge in [-0.25, -0.2) is 0 Å². The minimum absolute atomic E-state index is 0.0635. The molecule has 4 N–H and O–H groups in total. The van der Waals surface area contributed by atoms with Gasteiger partial charge in [0.15, 0.2) is 0 Å². The number of carbonyl (C=O) groups excluding carboxylic acids is 2. The minimum Gasteiger partial charge on any atom is -0.393 e. The number of carbonyl (C=O) groups is 2. The van der Waals surface area contributed by atoms with Gasteiger partial charge in [-0.2, -0.15) is 0 Å². The van der Waals surface area contributed by atoms with E-state index in [9.17, 15) is 14.7 Å². The first-order valence-corrected chi connectivity index (χ1v) is 6.13. The lowest BCUT2D eigenvalue weighted by Gasteiger charge is -2.29. The Morgan fingerprint density at radius 2 is 2.00 bits per heavy atom. The molecule has 1 saturated heterocycles. The maximum atomic E-state index is 11.9. The van der Waals surface area contributed by atoms with E-state index in [-0.39, 0.29) is 36.5 Å². The Labute approximate surface area is 100 Å². The van der Waals surface area contributed by atoms with Crippen molar-refractivity contribution in [1.29, 1.82) is 0 Å². The summed E-state index contributed by atoms with van der Waals surface area (Å²) in [5.74, 6) is -0.138. The highest BCUT2D eigenvalue weighted by atomic mass is 16.3. The number of rotatable bonds is 2. The fourth-order valence-corrected chi connectivity index (χ4v) is 2.27. The summed E-state index contributed by atoms with van der Waals surface area (Å²) in [5.41, 5.74) is 0. The van der Waals surface area contributed by atoms with Gasteiger partial charge in [0.25, 0.3) is 0 Å². The molecule has 1 aliphatic carbocycles. The van der Waals surface area contributed by atoms with Crippen molar-refractivity contribution in [2.75, 3.05) is 13.1 Å². The number of piperazine rings is 1. The molecular weight excluding hydrogens is 222 g/mol. The molecule has 0 aromatic rings. The second kappa shape index (κ2) is 5.46. The van der Waals surface area contributed by atoms with Gasteiger partial charge in [0, 0.05) is 12.6 Å². The summed E-state index contributed by atoms with van der Waals surface area (Å²) in [7, 11) is 0. The predicted molar refractivity (Wildman–Crippen MR) is 61.2 cm³/mol. The smallest absolute Gasteiger partial charge is 0.239 e. The molecule has 2 amide bonds. The predicted octanol–water partition coefficient (Wildman–Crippen LogP) is -1.51. The molecule has 6 nitrogen and oxygen atoms in total. The van der Waals surface area contributed by atoms with Crippen molar-refractivity contribution < 1.29 is 14.7 Å². The molecule has 0 aromatic carbocycles. The number of hydrogen-bond acceptors (Lipinski definition) is 4. The van der Waals surface area contributed by atoms with Crippen LogP contribution in [0.2, 0.25) is 0 Å². The molecule has 1 heterocycles. The monoisotopic (exact) mass is 241 g/mol. The summed E-state index contributed by atoms with van der Waals surface area (Å²) in [6.07, 6.45) is 2.94. The number of amides is 2. The molecule has 0 bridgehead atoms. The Hall–Kier alpha value is -1.14. The Bertz CT molecular complexity index is 290. The van der Waals surface area contributed by atoms with Crippen molar-refractivity contribution >= 4 is 11.8 Å². The Morgan fingerprint density at radius 1 is 1.29 bits per heavy atom. The van der Waals surface area contributed by atoms with Crippen LogP contribution in [-0.2, 0) is 9.59 Å². The van der Waals surface area contributed by atoms with Gasteiger partial charge in [-0.1, -0.05) is 0 Å². The average molecular weight is 241 g/mol. The number of nitrogens with one attached hydrogen (secondary N) is 3. The molecule has 17 heavy (non-hydrogen) atoms. The Kier molecular flexibility index (Phi) is 3.96. The summed E-state index contributed by atoms with van der Waals surface area (Å²) in [5, 5.41) is 17.9. The van der Waals surface area contributed by atoms with Crippen molar-refractivity contribution in [1.82, 2.24) is 16.0 Å². The van der Waals surface area contributed by atoms with Crippen LogP contribution in [0.4, 0.5) is 0 Å². The first kappa shape index (κ1) is 12.3. The van der Waals surface area contributed by atoms with Crippen LogP contribution in [-0.4, -0.2) is 48.2 Å². The highest BCUT2D eigenvalue weighted by Crippen LogP contribution is 2.18. The molecule has 2 rings (SSSR count). The molecule has 0 aromatic heterocycles. The lowest BCUT2D eigenvalue weighted by atomic mass is 9.93. The van der Waals surface area contributed by atoms with E-state index in [0.29, 0.717) is 6.54 Å². The highest BCUT2D eigenvalue weighted by molar-refractivity contribution is 5.86. The largest absolute Gasteiger partial charge is 0.393 e. The summed E-state index contributed by atoms with van der Waals surface area (Å²) in [6.45, 7) is 0.543. The number of hydrogen-bond donors (Lipinski definition) is 4. The molecule has 0 radical (unpaired) electrons. The third-order valence-corrected chi connectivity index (χ3v) is 3.37. The van der Waals surface area contributed by atoms with E-state index in [0.717, 1.165) is 25.7 Å². The lowest BCUT2D eigenvalue weighted by molar-refractivity contribution is -0.127. The van der Waals surface area contributed by atoms with E-state index < -0.39 is 0 Å². The van der Waals surface area contributed by atoms with Crippen LogP contribution in [0.25, 0.3) is 0 Å². The van der Waals surface area contributed by atoms with E-state index in [1.54, 1.807) is 0 Å². The van der Waals surface area contributed by atoms with E-state index >= 15 is 0 Å². The standard InChI is InChI=1S/C11H19N3O3/c15-8-3-1-7(2-4-8)14-11(17)9-5-13-10(16)6-12-9/h7-9,12,15H,1-6H2,(H,13,16)(H,14,17). The summed E-state index contributed by atoms with van der Waals surface area (Å²) >= 11 is 0. The molecule has 1 saturated carbocycles. The maximum Gasteiger partial charge on any atom is 0.239 e. The summed E-state index contributed by atoms with van der Waals surface area (Å²) < 4.78 is 0. The molecule has 1 unspecified atom stereocenters. The van der Waals surface area contributed by atoms with Gasteiger partial charge in [0.2, 0.25) is 11.8 Å². The molecule has 1 aliphatic heterocycles. The van der Waals surface area contributed by atoms with E-state index in [1.807, 2.05) is 0 Å². The third-order valence-electron chi connectivity index (χ3n) is 3.37. The van der Waals surface area contributed by atoms with Crippen LogP contribution in [0.3, 0.4) is 0 Å². The van der Waals surface area contributed by atoms with Crippen LogP contribution in [0.15, 0.2) is 0 Å². The van der Waals surface area contributed by atoms with E-state index in [4.69, 9.17) is 0 Å². The lowest BCUT2D eigenvalue weighted by Crippen LogP contribution is -2.59. The first-order chi connectivity index (χ1) is 8.15. The van der Waals surface area contributed by atoms with Crippen LogP contribution in [0.1, 0.15) is 25.7 Å². The minimum atomic E-state index is -0.334. The van der Waals surface area contributed by atoms with Gasteiger partial charge in [0.05, 0.1) is 12.6 Å². The molecule has 6 heteroatoms. The van der Waals surface area contributed by atoms with Crippen molar-refractivity contribution in [2.24, 2.45) is 0 Å². The zero-order chi connectivity index (χ0) is 12.3. The van der Waals surface area contributed by atoms with Crippen LogP contribution >= 0.6 is 0 Å².